The van der Waals surface area contributed by atoms with Gasteiger partial charge in [-0.25, -0.2) is 17.7 Å². The van der Waals surface area contributed by atoms with Crippen LogP contribution in [0.25, 0.3) is 11.0 Å². The third-order valence-electron chi connectivity index (χ3n) is 7.64. The Labute approximate surface area is 246 Å². The molecule has 4 aromatic rings. The Morgan fingerprint density at radius 1 is 1.10 bits per heavy atom. The molecule has 0 saturated carbocycles. The highest BCUT2D eigenvalue weighted by Crippen LogP contribution is 2.41. The van der Waals surface area contributed by atoms with Gasteiger partial charge in [0.15, 0.2) is 8.24 Å². The minimum absolute atomic E-state index is 0.0561. The average Bonchev–Trinajstić information content (AvgIpc) is 3.33. The number of sulfonamides is 1. The van der Waals surface area contributed by atoms with Gasteiger partial charge in [-0.15, -0.1) is 0 Å². The van der Waals surface area contributed by atoms with E-state index in [0.717, 1.165) is 15.3 Å². The van der Waals surface area contributed by atoms with Crippen molar-refractivity contribution in [2.45, 2.75) is 56.8 Å². The summed E-state index contributed by atoms with van der Waals surface area (Å²) in [6, 6.07) is 9.45. The predicted molar refractivity (Wildman–Crippen MR) is 163 cm³/mol. The van der Waals surface area contributed by atoms with Crippen LogP contribution in [0.15, 0.2) is 59.9 Å². The second-order valence-corrected chi connectivity index (χ2v) is 19.1. The van der Waals surface area contributed by atoms with Gasteiger partial charge in [0.25, 0.3) is 10.0 Å². The van der Waals surface area contributed by atoms with Gasteiger partial charge in [0.2, 0.25) is 0 Å². The number of aryl methyl sites for hydroxylation is 1. The first-order chi connectivity index (χ1) is 18.6. The summed E-state index contributed by atoms with van der Waals surface area (Å²) in [4.78, 5) is 9.12. The van der Waals surface area contributed by atoms with Gasteiger partial charge in [-0.3, -0.25) is 4.98 Å². The van der Waals surface area contributed by atoms with Crippen LogP contribution in [0, 0.1) is 6.92 Å². The number of methoxy groups -OCH3 is 1. The Morgan fingerprint density at radius 2 is 1.80 bits per heavy atom. The zero-order valence-electron chi connectivity index (χ0n) is 23.6. The normalized spacial score (nSPS) is 13.6. The SMILES string of the molecule is COCN(c1cc(C)cnc1C(O)c1ccnc2c1ccn2[Si](C)(C)C(C)(C)C)S(=O)(=O)c1ccc(Cl)c(Cl)c1. The van der Waals surface area contributed by atoms with Crippen LogP contribution in [-0.4, -0.2) is 49.8 Å². The molecule has 0 aliphatic heterocycles. The number of aliphatic hydroxyl groups excluding tert-OH is 1. The fourth-order valence-electron chi connectivity index (χ4n) is 4.38. The van der Waals surface area contributed by atoms with Crippen molar-refractivity contribution in [3.8, 4) is 0 Å². The maximum Gasteiger partial charge on any atom is 0.266 e. The van der Waals surface area contributed by atoms with E-state index in [1.54, 1.807) is 31.5 Å². The number of nitrogens with zero attached hydrogens (tertiary/aromatic N) is 4. The van der Waals surface area contributed by atoms with Gasteiger partial charge in [-0.05, 0) is 65.7 Å². The van der Waals surface area contributed by atoms with Crippen molar-refractivity contribution < 1.29 is 18.3 Å². The van der Waals surface area contributed by atoms with Gasteiger partial charge in [0.1, 0.15) is 18.5 Å². The number of halogens is 2. The molecule has 0 saturated heterocycles. The van der Waals surface area contributed by atoms with Gasteiger partial charge >= 0.3 is 0 Å². The van der Waals surface area contributed by atoms with Gasteiger partial charge in [-0.2, -0.15) is 0 Å². The van der Waals surface area contributed by atoms with E-state index in [-0.39, 0.29) is 38.1 Å². The molecular formula is C28H34Cl2N4O4SSi. The molecule has 3 aromatic heterocycles. The lowest BCUT2D eigenvalue weighted by Gasteiger charge is -2.38. The van der Waals surface area contributed by atoms with Gasteiger partial charge in [0, 0.05) is 24.9 Å². The summed E-state index contributed by atoms with van der Waals surface area (Å²) in [5, 5.41) is 13.0. The van der Waals surface area contributed by atoms with Crippen molar-refractivity contribution in [1.82, 2.24) is 14.2 Å². The molecule has 0 aliphatic rings. The Bertz CT molecular complexity index is 1670. The number of fused-ring (bicyclic) bond motifs is 1. The average molecular weight is 622 g/mol. The van der Waals surface area contributed by atoms with E-state index < -0.39 is 24.4 Å². The molecule has 0 spiro atoms. The largest absolute Gasteiger partial charge is 0.382 e. The summed E-state index contributed by atoms with van der Waals surface area (Å²) in [5.74, 6) is 0. The first-order valence-corrected chi connectivity index (χ1v) is 17.8. The van der Waals surface area contributed by atoms with Crippen LogP contribution in [0.1, 0.15) is 43.7 Å². The van der Waals surface area contributed by atoms with Crippen molar-refractivity contribution in [3.63, 3.8) is 0 Å². The number of benzene rings is 1. The molecule has 8 nitrogen and oxygen atoms in total. The number of pyridine rings is 2. The van der Waals surface area contributed by atoms with E-state index in [4.69, 9.17) is 27.9 Å². The van der Waals surface area contributed by atoms with E-state index in [2.05, 4.69) is 48.1 Å². The smallest absolute Gasteiger partial charge is 0.266 e. The molecule has 0 amide bonds. The highest BCUT2D eigenvalue weighted by atomic mass is 35.5. The standard InChI is InChI=1S/C28H34Cl2N4O4SSi/c1-18-14-24(33(17-38-5)39(36,37)19-8-9-22(29)23(30)15-19)25(32-16-18)26(35)20-10-12-31-27-21(20)11-13-34(27)40(6,7)28(2,3)4/h8-16,26,35H,17H2,1-7H3. The number of aromatic nitrogens is 3. The lowest BCUT2D eigenvalue weighted by Crippen LogP contribution is -2.45. The third-order valence-corrected chi connectivity index (χ3v) is 15.3. The maximum atomic E-state index is 13.9. The zero-order valence-corrected chi connectivity index (χ0v) is 26.9. The summed E-state index contributed by atoms with van der Waals surface area (Å²) in [6.45, 7) is 12.7. The molecule has 214 valence electrons. The van der Waals surface area contributed by atoms with Crippen molar-refractivity contribution in [2.24, 2.45) is 0 Å². The number of anilines is 1. The summed E-state index contributed by atoms with van der Waals surface area (Å²) in [6.07, 6.45) is 4.04. The van der Waals surface area contributed by atoms with Crippen LogP contribution < -0.4 is 4.31 Å². The zero-order chi connectivity index (χ0) is 29.6. The van der Waals surface area contributed by atoms with Crippen LogP contribution in [0.4, 0.5) is 5.69 Å². The topological polar surface area (TPSA) is 97.6 Å². The molecule has 3 heterocycles. The number of hydrogen-bond acceptors (Lipinski definition) is 6. The maximum absolute atomic E-state index is 13.9. The van der Waals surface area contributed by atoms with Crippen molar-refractivity contribution in [3.05, 3.63) is 81.9 Å². The fourth-order valence-corrected chi connectivity index (χ4v) is 8.03. The minimum atomic E-state index is -4.18. The molecular weight excluding hydrogens is 587 g/mol. The Kier molecular flexibility index (Phi) is 8.44. The quantitative estimate of drug-likeness (QED) is 0.172. The van der Waals surface area contributed by atoms with Crippen LogP contribution >= 0.6 is 23.2 Å². The highest BCUT2D eigenvalue weighted by molar-refractivity contribution is 7.92. The lowest BCUT2D eigenvalue weighted by molar-refractivity contribution is 0.205. The van der Waals surface area contributed by atoms with E-state index >= 15 is 0 Å². The van der Waals surface area contributed by atoms with E-state index in [0.29, 0.717) is 11.1 Å². The molecule has 1 aromatic carbocycles. The molecule has 0 fully saturated rings. The molecule has 1 atom stereocenters. The Morgan fingerprint density at radius 3 is 2.42 bits per heavy atom. The van der Waals surface area contributed by atoms with E-state index in [1.807, 2.05) is 12.3 Å². The minimum Gasteiger partial charge on any atom is -0.382 e. The monoisotopic (exact) mass is 620 g/mol. The molecule has 1 N–H and O–H groups in total. The van der Waals surface area contributed by atoms with Gasteiger partial charge in [0.05, 0.1) is 26.3 Å². The van der Waals surface area contributed by atoms with Crippen LogP contribution in [0.5, 0.6) is 0 Å². The second kappa shape index (κ2) is 11.1. The highest BCUT2D eigenvalue weighted by Gasteiger charge is 2.39. The third kappa shape index (κ3) is 5.40. The summed E-state index contributed by atoms with van der Waals surface area (Å²) >= 11 is 12.2. The van der Waals surface area contributed by atoms with E-state index in [9.17, 15) is 13.5 Å². The van der Waals surface area contributed by atoms with Crippen LogP contribution in [0.2, 0.25) is 28.2 Å². The van der Waals surface area contributed by atoms with Crippen LogP contribution in [0.3, 0.4) is 0 Å². The van der Waals surface area contributed by atoms with Crippen LogP contribution in [-0.2, 0) is 14.8 Å². The molecule has 12 heteroatoms. The van der Waals surface area contributed by atoms with E-state index in [1.165, 1.54) is 25.3 Å². The fraction of sp³-hybridized carbons (Fsp3) is 0.357. The molecule has 4 rings (SSSR count). The molecule has 40 heavy (non-hydrogen) atoms. The van der Waals surface area contributed by atoms with Gasteiger partial charge in [-0.1, -0.05) is 57.1 Å². The van der Waals surface area contributed by atoms with Crippen molar-refractivity contribution in [2.75, 3.05) is 18.1 Å². The molecule has 0 aliphatic carbocycles. The molecule has 1 unspecified atom stereocenters. The van der Waals surface area contributed by atoms with Crippen molar-refractivity contribution >= 4 is 58.2 Å². The van der Waals surface area contributed by atoms with Crippen molar-refractivity contribution in [1.29, 1.82) is 0 Å². The number of aliphatic hydroxyl groups is 1. The summed E-state index contributed by atoms with van der Waals surface area (Å²) in [7, 11) is -4.80. The lowest BCUT2D eigenvalue weighted by atomic mass is 10.0. The summed E-state index contributed by atoms with van der Waals surface area (Å²) < 4.78 is 36.3. The predicted octanol–water partition coefficient (Wildman–Crippen LogP) is 6.78. The number of ether oxygens (including phenoxy) is 1. The molecule has 0 bridgehead atoms. The van der Waals surface area contributed by atoms with Gasteiger partial charge < -0.3 is 14.1 Å². The Hall–Kier alpha value is -2.47. The number of rotatable bonds is 8. The number of hydrogen-bond donors (Lipinski definition) is 1. The summed E-state index contributed by atoms with van der Waals surface area (Å²) in [5.41, 5.74) is 2.41. The molecule has 0 radical (unpaired) electrons. The Balaban J connectivity index is 1.88. The first-order valence-electron chi connectivity index (χ1n) is 12.7. The second-order valence-electron chi connectivity index (χ2n) is 11.3. The first kappa shape index (κ1) is 30.5.